The molecule has 0 aliphatic heterocycles. The second kappa shape index (κ2) is 8.74. The molecule has 5 heteroatoms. The molecule has 0 aliphatic rings. The third kappa shape index (κ3) is 5.33. The Bertz CT molecular complexity index is 474. The molecule has 0 saturated carbocycles. The van der Waals surface area contributed by atoms with Crippen LogP contribution in [0.3, 0.4) is 0 Å². The predicted molar refractivity (Wildman–Crippen MR) is 79.5 cm³/mol. The average Bonchev–Trinajstić information content (AvgIpc) is 2.41. The van der Waals surface area contributed by atoms with Crippen molar-refractivity contribution in [2.75, 3.05) is 6.61 Å². The molecule has 0 N–H and O–H groups in total. The Labute approximate surface area is 126 Å². The molecule has 3 nitrogen and oxygen atoms in total. The lowest BCUT2D eigenvalue weighted by Gasteiger charge is -2.16. The molecule has 0 bridgehead atoms. The molecular weight excluding hydrogens is 327 g/mol. The number of ether oxygens (including phenoxy) is 2. The van der Waals surface area contributed by atoms with Crippen molar-refractivity contribution in [2.45, 2.75) is 32.8 Å². The Balaban J connectivity index is 2.91. The van der Waals surface area contributed by atoms with Crippen molar-refractivity contribution in [1.29, 1.82) is 0 Å². The van der Waals surface area contributed by atoms with Crippen molar-refractivity contribution in [3.05, 3.63) is 40.6 Å². The van der Waals surface area contributed by atoms with Crippen LogP contribution in [0, 0.1) is 5.82 Å². The maximum absolute atomic E-state index is 13.3. The van der Waals surface area contributed by atoms with Crippen molar-refractivity contribution in [3.63, 3.8) is 0 Å². The predicted octanol–water partition coefficient (Wildman–Crippen LogP) is 4.00. The van der Waals surface area contributed by atoms with E-state index in [0.717, 1.165) is 6.42 Å². The number of hydrogen-bond acceptors (Lipinski definition) is 3. The van der Waals surface area contributed by atoms with E-state index in [0.29, 0.717) is 17.9 Å². The quantitative estimate of drug-likeness (QED) is 0.701. The van der Waals surface area contributed by atoms with E-state index >= 15 is 0 Å². The highest BCUT2D eigenvalue weighted by Gasteiger charge is 2.13. The average molecular weight is 345 g/mol. The summed E-state index contributed by atoms with van der Waals surface area (Å²) in [6.45, 7) is 4.01. The molecule has 0 fully saturated rings. The number of halogens is 2. The Kier molecular flexibility index (Phi) is 7.30. The third-order valence-electron chi connectivity index (χ3n) is 2.63. The molecule has 0 aromatic heterocycles. The number of carbonyl (C=O) groups excluding carboxylic acids is 1. The zero-order valence-electron chi connectivity index (χ0n) is 11.6. The minimum absolute atomic E-state index is 0.00457. The van der Waals surface area contributed by atoms with Crippen LogP contribution in [0.5, 0.6) is 5.75 Å². The molecule has 1 unspecified atom stereocenters. The summed E-state index contributed by atoms with van der Waals surface area (Å²) in [4.78, 5) is 13.3. The molecule has 1 aromatic carbocycles. The van der Waals surface area contributed by atoms with Gasteiger partial charge in [0.05, 0.1) is 13.0 Å². The lowest BCUT2D eigenvalue weighted by atomic mass is 10.1. The first-order chi connectivity index (χ1) is 9.60. The van der Waals surface area contributed by atoms with Gasteiger partial charge in [-0.15, -0.1) is 0 Å². The molecule has 0 saturated heterocycles. The molecule has 0 heterocycles. The van der Waals surface area contributed by atoms with Gasteiger partial charge in [-0.05, 0) is 42.6 Å². The van der Waals surface area contributed by atoms with E-state index in [4.69, 9.17) is 9.47 Å². The van der Waals surface area contributed by atoms with Gasteiger partial charge in [0.15, 0.2) is 0 Å². The fourth-order valence-corrected chi connectivity index (χ4v) is 2.01. The first-order valence-corrected chi connectivity index (χ1v) is 7.39. The lowest BCUT2D eigenvalue weighted by Crippen LogP contribution is -2.15. The molecule has 1 rings (SSSR count). The summed E-state index contributed by atoms with van der Waals surface area (Å²) >= 11 is 3.20. The fourth-order valence-electron chi connectivity index (χ4n) is 1.67. The van der Waals surface area contributed by atoms with Crippen molar-refractivity contribution in [3.8, 4) is 5.75 Å². The number of carbonyl (C=O) groups is 1. The number of rotatable bonds is 7. The Morgan fingerprint density at radius 1 is 1.45 bits per heavy atom. The number of esters is 1. The van der Waals surface area contributed by atoms with Crippen LogP contribution in [0.4, 0.5) is 4.39 Å². The van der Waals surface area contributed by atoms with Crippen LogP contribution in [0.2, 0.25) is 0 Å². The number of benzene rings is 1. The molecule has 0 aliphatic carbocycles. The van der Waals surface area contributed by atoms with E-state index in [1.807, 2.05) is 13.0 Å². The van der Waals surface area contributed by atoms with Crippen LogP contribution in [-0.4, -0.2) is 18.7 Å². The lowest BCUT2D eigenvalue weighted by molar-refractivity contribution is -0.142. The minimum Gasteiger partial charge on any atom is -0.486 e. The zero-order chi connectivity index (χ0) is 15.0. The zero-order valence-corrected chi connectivity index (χ0v) is 13.2. The summed E-state index contributed by atoms with van der Waals surface area (Å²) in [5.74, 6) is -0.301. The Hall–Kier alpha value is -1.36. The topological polar surface area (TPSA) is 35.5 Å². The van der Waals surface area contributed by atoms with Crippen molar-refractivity contribution in [1.82, 2.24) is 0 Å². The van der Waals surface area contributed by atoms with E-state index in [9.17, 15) is 9.18 Å². The minimum atomic E-state index is -0.402. The van der Waals surface area contributed by atoms with Crippen LogP contribution < -0.4 is 4.74 Å². The molecule has 1 aromatic rings. The van der Waals surface area contributed by atoms with Crippen molar-refractivity contribution < 1.29 is 18.7 Å². The van der Waals surface area contributed by atoms with Crippen LogP contribution in [0.1, 0.15) is 25.8 Å². The van der Waals surface area contributed by atoms with Gasteiger partial charge in [-0.1, -0.05) is 22.9 Å². The molecule has 0 spiro atoms. The van der Waals surface area contributed by atoms with E-state index in [2.05, 4.69) is 15.9 Å². The maximum Gasteiger partial charge on any atom is 0.310 e. The smallest absolute Gasteiger partial charge is 0.310 e. The molecule has 110 valence electrons. The van der Waals surface area contributed by atoms with Gasteiger partial charge in [0.1, 0.15) is 17.7 Å². The Morgan fingerprint density at radius 2 is 2.20 bits per heavy atom. The maximum atomic E-state index is 13.3. The normalized spacial score (nSPS) is 12.4. The molecule has 0 amide bonds. The highest BCUT2D eigenvalue weighted by atomic mass is 79.9. The van der Waals surface area contributed by atoms with Crippen LogP contribution >= 0.6 is 15.9 Å². The van der Waals surface area contributed by atoms with Gasteiger partial charge in [-0.2, -0.15) is 0 Å². The van der Waals surface area contributed by atoms with Gasteiger partial charge in [-0.25, -0.2) is 4.39 Å². The molecular formula is C15H18BrFO3. The Morgan fingerprint density at radius 3 is 2.80 bits per heavy atom. The fraction of sp³-hybridized carbons (Fsp3) is 0.400. The SMILES string of the molecule is CCOC(=O)Cc1cc(F)ccc1OC(/C=C/Br)CC. The highest BCUT2D eigenvalue weighted by Crippen LogP contribution is 2.23. The van der Waals surface area contributed by atoms with Gasteiger partial charge in [-0.3, -0.25) is 4.79 Å². The van der Waals surface area contributed by atoms with Crippen LogP contribution in [-0.2, 0) is 16.0 Å². The first-order valence-electron chi connectivity index (χ1n) is 6.48. The summed E-state index contributed by atoms with van der Waals surface area (Å²) in [6, 6.07) is 4.15. The molecule has 1 atom stereocenters. The molecule has 0 radical (unpaired) electrons. The van der Waals surface area contributed by atoms with E-state index in [1.54, 1.807) is 11.9 Å². The summed E-state index contributed by atoms with van der Waals surface area (Å²) in [6.07, 6.45) is 2.46. The first kappa shape index (κ1) is 16.7. The van der Waals surface area contributed by atoms with Crippen LogP contribution in [0.15, 0.2) is 29.3 Å². The van der Waals surface area contributed by atoms with Gasteiger partial charge < -0.3 is 9.47 Å². The van der Waals surface area contributed by atoms with Gasteiger partial charge in [0, 0.05) is 5.56 Å². The van der Waals surface area contributed by atoms with Gasteiger partial charge in [0.25, 0.3) is 0 Å². The summed E-state index contributed by atoms with van der Waals surface area (Å²) in [7, 11) is 0. The van der Waals surface area contributed by atoms with E-state index in [1.165, 1.54) is 18.2 Å². The van der Waals surface area contributed by atoms with Crippen molar-refractivity contribution >= 4 is 21.9 Å². The largest absolute Gasteiger partial charge is 0.486 e. The van der Waals surface area contributed by atoms with Crippen LogP contribution in [0.25, 0.3) is 0 Å². The third-order valence-corrected chi connectivity index (χ3v) is 2.94. The number of hydrogen-bond donors (Lipinski definition) is 0. The summed E-state index contributed by atoms with van der Waals surface area (Å²) in [5, 5.41) is 0. The van der Waals surface area contributed by atoms with E-state index in [-0.39, 0.29) is 12.5 Å². The standard InChI is InChI=1S/C15H18BrFO3/c1-3-13(7-8-16)20-14-6-5-12(17)9-11(14)10-15(18)19-4-2/h5-9,13H,3-4,10H2,1-2H3/b8-7+. The molecule has 20 heavy (non-hydrogen) atoms. The summed E-state index contributed by atoms with van der Waals surface area (Å²) < 4.78 is 24.0. The monoisotopic (exact) mass is 344 g/mol. The van der Waals surface area contributed by atoms with Crippen molar-refractivity contribution in [2.24, 2.45) is 0 Å². The summed E-state index contributed by atoms with van der Waals surface area (Å²) in [5.41, 5.74) is 0.491. The second-order valence-corrected chi connectivity index (χ2v) is 4.65. The highest BCUT2D eigenvalue weighted by molar-refractivity contribution is 9.11. The van der Waals surface area contributed by atoms with Gasteiger partial charge in [0.2, 0.25) is 0 Å². The second-order valence-electron chi connectivity index (χ2n) is 4.12. The van der Waals surface area contributed by atoms with E-state index < -0.39 is 11.8 Å². The van der Waals surface area contributed by atoms with Gasteiger partial charge >= 0.3 is 5.97 Å².